The van der Waals surface area contributed by atoms with Crippen LogP contribution in [0, 0.1) is 0 Å². The van der Waals surface area contributed by atoms with Gasteiger partial charge in [0.2, 0.25) is 5.91 Å². The summed E-state index contributed by atoms with van der Waals surface area (Å²) in [5.41, 5.74) is 0.389. The molecule has 0 bridgehead atoms. The van der Waals surface area contributed by atoms with Crippen molar-refractivity contribution in [3.05, 3.63) is 24.3 Å². The zero-order chi connectivity index (χ0) is 11.6. The number of rotatable bonds is 3. The van der Waals surface area contributed by atoms with E-state index in [1.807, 2.05) is 0 Å². The summed E-state index contributed by atoms with van der Waals surface area (Å²) >= 11 is 0. The number of amides is 1. The fraction of sp³-hybridized carbons (Fsp3) is 0.333. The number of allylic oxidation sites excluding steroid dienone is 1. The van der Waals surface area contributed by atoms with Gasteiger partial charge in [0.05, 0.1) is 0 Å². The summed E-state index contributed by atoms with van der Waals surface area (Å²) in [6, 6.07) is 0. The van der Waals surface area contributed by atoms with Gasteiger partial charge < -0.3 is 15.5 Å². The minimum absolute atomic E-state index is 0.329. The molecule has 0 saturated heterocycles. The summed E-state index contributed by atoms with van der Waals surface area (Å²) in [6.45, 7) is 6.08. The number of nitrogens with one attached hydrogen (secondary N) is 1. The average molecular weight is 201 g/mol. The molecule has 0 aromatic carbocycles. The zero-order valence-corrected chi connectivity index (χ0v) is 8.28. The van der Waals surface area contributed by atoms with Crippen molar-refractivity contribution in [2.75, 3.05) is 6.73 Å². The first-order valence-corrected chi connectivity index (χ1v) is 3.86. The third-order valence-electron chi connectivity index (χ3n) is 1.21. The van der Waals surface area contributed by atoms with Gasteiger partial charge in [0, 0.05) is 5.57 Å². The van der Waals surface area contributed by atoms with Crippen LogP contribution in [-0.4, -0.2) is 28.8 Å². The fourth-order valence-corrected chi connectivity index (χ4v) is 0.274. The molecular weight excluding hydrogens is 186 g/mol. The number of carbonyl (C=O) groups excluding carboxylic acids is 1. The van der Waals surface area contributed by atoms with Gasteiger partial charge >= 0.3 is 5.97 Å². The third-order valence-corrected chi connectivity index (χ3v) is 1.21. The molecule has 0 aliphatic rings. The van der Waals surface area contributed by atoms with Crippen molar-refractivity contribution in [3.63, 3.8) is 0 Å². The lowest BCUT2D eigenvalue weighted by Gasteiger charge is -1.89. The lowest BCUT2D eigenvalue weighted by atomic mass is 10.3. The SMILES string of the molecule is C=CC(=O)NCO.CC=C(C)C(=O)O. The predicted octanol–water partition coefficient (Wildman–Crippen LogP) is 0.276. The number of carboxylic acids is 1. The van der Waals surface area contributed by atoms with E-state index in [0.29, 0.717) is 5.57 Å². The fourth-order valence-electron chi connectivity index (χ4n) is 0.274. The van der Waals surface area contributed by atoms with Crippen LogP contribution in [0.2, 0.25) is 0 Å². The highest BCUT2D eigenvalue weighted by Crippen LogP contribution is 1.87. The van der Waals surface area contributed by atoms with Crippen LogP contribution in [0.1, 0.15) is 13.8 Å². The van der Waals surface area contributed by atoms with Gasteiger partial charge in [-0.2, -0.15) is 0 Å². The van der Waals surface area contributed by atoms with E-state index in [-0.39, 0.29) is 12.6 Å². The maximum Gasteiger partial charge on any atom is 0.330 e. The Morgan fingerprint density at radius 1 is 1.50 bits per heavy atom. The Labute approximate surface area is 82.7 Å². The van der Waals surface area contributed by atoms with Crippen molar-refractivity contribution < 1.29 is 19.8 Å². The molecule has 5 heteroatoms. The van der Waals surface area contributed by atoms with E-state index < -0.39 is 5.97 Å². The lowest BCUT2D eigenvalue weighted by Crippen LogP contribution is -2.20. The van der Waals surface area contributed by atoms with Gasteiger partial charge in [0.1, 0.15) is 6.73 Å². The number of aliphatic hydroxyl groups excluding tert-OH is 1. The largest absolute Gasteiger partial charge is 0.478 e. The van der Waals surface area contributed by atoms with Gasteiger partial charge in [-0.3, -0.25) is 4.79 Å². The van der Waals surface area contributed by atoms with E-state index in [4.69, 9.17) is 10.2 Å². The molecule has 0 aromatic rings. The van der Waals surface area contributed by atoms with Crippen LogP contribution >= 0.6 is 0 Å². The van der Waals surface area contributed by atoms with Gasteiger partial charge in [-0.15, -0.1) is 0 Å². The van der Waals surface area contributed by atoms with Crippen molar-refractivity contribution in [1.82, 2.24) is 5.32 Å². The summed E-state index contributed by atoms with van der Waals surface area (Å²) in [5, 5.41) is 18.2. The second-order valence-corrected chi connectivity index (χ2v) is 2.18. The van der Waals surface area contributed by atoms with Crippen LogP contribution in [0.3, 0.4) is 0 Å². The molecule has 0 aliphatic carbocycles. The Hall–Kier alpha value is -1.62. The van der Waals surface area contributed by atoms with Crippen LogP contribution in [-0.2, 0) is 9.59 Å². The monoisotopic (exact) mass is 201 g/mol. The Kier molecular flexibility index (Phi) is 10.1. The molecule has 0 atom stereocenters. The van der Waals surface area contributed by atoms with Crippen LogP contribution in [0.5, 0.6) is 0 Å². The topological polar surface area (TPSA) is 86.6 Å². The van der Waals surface area contributed by atoms with Gasteiger partial charge in [-0.25, -0.2) is 4.79 Å². The minimum Gasteiger partial charge on any atom is -0.478 e. The quantitative estimate of drug-likeness (QED) is 0.452. The van der Waals surface area contributed by atoms with Crippen molar-refractivity contribution >= 4 is 11.9 Å². The first kappa shape index (κ1) is 14.9. The number of aliphatic hydroxyl groups is 1. The normalized spacial score (nSPS) is 9.50. The van der Waals surface area contributed by atoms with E-state index in [9.17, 15) is 9.59 Å². The maximum atomic E-state index is 10.0. The minimum atomic E-state index is -0.845. The van der Waals surface area contributed by atoms with Crippen molar-refractivity contribution in [1.29, 1.82) is 0 Å². The van der Waals surface area contributed by atoms with Crippen LogP contribution in [0.25, 0.3) is 0 Å². The molecule has 0 saturated carbocycles. The molecule has 14 heavy (non-hydrogen) atoms. The Morgan fingerprint density at radius 3 is 2.07 bits per heavy atom. The number of aliphatic carboxylic acids is 1. The molecule has 0 fully saturated rings. The Balaban J connectivity index is 0. The van der Waals surface area contributed by atoms with Gasteiger partial charge in [-0.1, -0.05) is 12.7 Å². The first-order valence-electron chi connectivity index (χ1n) is 3.86. The summed E-state index contributed by atoms with van der Waals surface area (Å²) in [5.74, 6) is -1.20. The summed E-state index contributed by atoms with van der Waals surface area (Å²) in [4.78, 5) is 19.9. The molecule has 1 amide bonds. The molecule has 0 aliphatic heterocycles. The first-order chi connectivity index (χ1) is 6.49. The molecule has 0 unspecified atom stereocenters. The third kappa shape index (κ3) is 10.4. The second kappa shape index (κ2) is 9.47. The van der Waals surface area contributed by atoms with E-state index in [1.54, 1.807) is 19.9 Å². The highest BCUT2D eigenvalue weighted by molar-refractivity contribution is 5.86. The van der Waals surface area contributed by atoms with Gasteiger partial charge in [0.25, 0.3) is 0 Å². The van der Waals surface area contributed by atoms with E-state index in [2.05, 4.69) is 11.9 Å². The molecule has 0 radical (unpaired) electrons. The highest BCUT2D eigenvalue weighted by Gasteiger charge is 1.93. The molecular formula is C9H15NO4. The number of hydrogen-bond donors (Lipinski definition) is 3. The molecule has 5 nitrogen and oxygen atoms in total. The summed E-state index contributed by atoms with van der Waals surface area (Å²) in [7, 11) is 0. The lowest BCUT2D eigenvalue weighted by molar-refractivity contribution is -0.132. The molecule has 0 heterocycles. The average Bonchev–Trinajstić information content (AvgIpc) is 2.17. The molecule has 3 N–H and O–H groups in total. The van der Waals surface area contributed by atoms with Gasteiger partial charge in [0.15, 0.2) is 0 Å². The Morgan fingerprint density at radius 2 is 2.00 bits per heavy atom. The zero-order valence-electron chi connectivity index (χ0n) is 8.28. The van der Waals surface area contributed by atoms with E-state index in [0.717, 1.165) is 6.08 Å². The molecule has 0 aromatic heterocycles. The molecule has 80 valence electrons. The summed E-state index contributed by atoms with van der Waals surface area (Å²) < 4.78 is 0. The predicted molar refractivity (Wildman–Crippen MR) is 52.5 cm³/mol. The van der Waals surface area contributed by atoms with Crippen molar-refractivity contribution in [3.8, 4) is 0 Å². The van der Waals surface area contributed by atoms with E-state index >= 15 is 0 Å². The second-order valence-electron chi connectivity index (χ2n) is 2.18. The number of carboxylic acid groups (broad SMARTS) is 1. The van der Waals surface area contributed by atoms with Crippen LogP contribution in [0.15, 0.2) is 24.3 Å². The van der Waals surface area contributed by atoms with Crippen molar-refractivity contribution in [2.24, 2.45) is 0 Å². The highest BCUT2D eigenvalue weighted by atomic mass is 16.4. The standard InChI is InChI=1S/C5H8O2.C4H7NO2/c1-3-4(2)5(6)7;1-2-4(7)5-3-6/h3H,1-2H3,(H,6,7);2,6H,1,3H2,(H,5,7). The van der Waals surface area contributed by atoms with E-state index in [1.165, 1.54) is 0 Å². The summed E-state index contributed by atoms with van der Waals surface area (Å²) in [6.07, 6.45) is 2.65. The smallest absolute Gasteiger partial charge is 0.330 e. The molecule has 0 rings (SSSR count). The van der Waals surface area contributed by atoms with Crippen molar-refractivity contribution in [2.45, 2.75) is 13.8 Å². The van der Waals surface area contributed by atoms with Crippen LogP contribution < -0.4 is 5.32 Å². The Bertz CT molecular complexity index is 233. The van der Waals surface area contributed by atoms with Gasteiger partial charge in [-0.05, 0) is 19.9 Å². The maximum absolute atomic E-state index is 10.0. The number of hydrogen-bond acceptors (Lipinski definition) is 3. The number of carbonyl (C=O) groups is 2. The molecule has 0 spiro atoms. The van der Waals surface area contributed by atoms with Crippen LogP contribution in [0.4, 0.5) is 0 Å².